The Bertz CT molecular complexity index is 1220. The number of carbonyl (C=O) groups excluding carboxylic acids is 1. The van der Waals surface area contributed by atoms with Gasteiger partial charge in [-0.25, -0.2) is 9.78 Å². The largest absolute Gasteiger partial charge is 0.386 e. The summed E-state index contributed by atoms with van der Waals surface area (Å²) in [5.41, 5.74) is 9.93. The summed E-state index contributed by atoms with van der Waals surface area (Å²) in [5.74, 6) is 0.491. The number of nitrogens with two attached hydrogens (primary N) is 1. The maximum atomic E-state index is 12.6. The summed E-state index contributed by atoms with van der Waals surface area (Å²) in [4.78, 5) is 16.7. The molecule has 4 aromatic rings. The molecule has 30 heavy (non-hydrogen) atoms. The smallest absolute Gasteiger partial charge is 0.323 e. The van der Waals surface area contributed by atoms with Gasteiger partial charge in [-0.1, -0.05) is 17.7 Å². The van der Waals surface area contributed by atoms with Crippen molar-refractivity contribution in [3.05, 3.63) is 77.6 Å². The van der Waals surface area contributed by atoms with Crippen LogP contribution in [0.1, 0.15) is 5.56 Å². The van der Waals surface area contributed by atoms with Crippen molar-refractivity contribution in [1.82, 2.24) is 9.55 Å². The van der Waals surface area contributed by atoms with E-state index in [9.17, 15) is 4.79 Å². The number of pyridine rings is 1. The summed E-state index contributed by atoms with van der Waals surface area (Å²) in [6.07, 6.45) is 3.68. The van der Waals surface area contributed by atoms with Crippen LogP contribution in [0.15, 0.2) is 67.0 Å². The number of benzene rings is 2. The van der Waals surface area contributed by atoms with E-state index >= 15 is 0 Å². The van der Waals surface area contributed by atoms with Gasteiger partial charge in [0.1, 0.15) is 5.82 Å². The Morgan fingerprint density at radius 3 is 2.70 bits per heavy atom. The number of halogens is 1. The molecule has 0 atom stereocenters. The number of aromatic nitrogens is 2. The van der Waals surface area contributed by atoms with Gasteiger partial charge in [-0.05, 0) is 54.1 Å². The molecule has 2 heterocycles. The Hall–Kier alpha value is -3.71. The lowest BCUT2D eigenvalue weighted by Crippen LogP contribution is -2.20. The second-order valence-electron chi connectivity index (χ2n) is 6.79. The molecule has 8 heteroatoms. The lowest BCUT2D eigenvalue weighted by molar-refractivity contribution is 0.262. The number of nitrogens with zero attached hydrogens (tertiary/aromatic N) is 2. The number of anilines is 4. The number of rotatable bonds is 5. The Morgan fingerprint density at radius 1 is 1.07 bits per heavy atom. The molecule has 0 aliphatic rings. The highest BCUT2D eigenvalue weighted by molar-refractivity contribution is 6.31. The van der Waals surface area contributed by atoms with E-state index in [4.69, 9.17) is 17.3 Å². The fourth-order valence-electron chi connectivity index (χ4n) is 3.37. The second kappa shape index (κ2) is 8.34. The number of carbonyl (C=O) groups is 1. The van der Waals surface area contributed by atoms with E-state index in [2.05, 4.69) is 25.5 Å². The lowest BCUT2D eigenvalue weighted by atomic mass is 10.2. The number of hydrogen-bond donors (Lipinski definition) is 4. The molecule has 0 bridgehead atoms. The minimum atomic E-state index is -0.351. The van der Waals surface area contributed by atoms with Crippen molar-refractivity contribution >= 4 is 51.4 Å². The SMILES string of the molecule is CNc1ccc(Cl)cc1NC(=O)Nc1cccc2c1ccn2Cc1ccnc(N)c1. The summed E-state index contributed by atoms with van der Waals surface area (Å²) in [5, 5.41) is 10.3. The number of nitrogens with one attached hydrogen (secondary N) is 3. The summed E-state index contributed by atoms with van der Waals surface area (Å²) >= 11 is 6.06. The van der Waals surface area contributed by atoms with Crippen LogP contribution in [-0.4, -0.2) is 22.6 Å². The molecule has 0 aliphatic heterocycles. The molecule has 2 aromatic carbocycles. The lowest BCUT2D eigenvalue weighted by Gasteiger charge is -2.13. The van der Waals surface area contributed by atoms with Gasteiger partial charge in [0.15, 0.2) is 0 Å². The molecule has 0 spiro atoms. The van der Waals surface area contributed by atoms with E-state index in [1.807, 2.05) is 48.7 Å². The van der Waals surface area contributed by atoms with Gasteiger partial charge in [0, 0.05) is 36.4 Å². The Labute approximate surface area is 178 Å². The van der Waals surface area contributed by atoms with Gasteiger partial charge in [0.25, 0.3) is 0 Å². The minimum Gasteiger partial charge on any atom is -0.386 e. The average molecular weight is 421 g/mol. The third kappa shape index (κ3) is 4.16. The molecule has 0 fully saturated rings. The van der Waals surface area contributed by atoms with Gasteiger partial charge in [-0.15, -0.1) is 0 Å². The number of fused-ring (bicyclic) bond motifs is 1. The fraction of sp³-hybridized carbons (Fsp3) is 0.0909. The number of nitrogen functional groups attached to an aromatic ring is 1. The summed E-state index contributed by atoms with van der Waals surface area (Å²) in [6.45, 7) is 0.653. The number of hydrogen-bond acceptors (Lipinski definition) is 4. The molecule has 0 aliphatic carbocycles. The van der Waals surface area contributed by atoms with E-state index in [0.717, 1.165) is 22.2 Å². The molecular weight excluding hydrogens is 400 g/mol. The van der Waals surface area contributed by atoms with Crippen molar-refractivity contribution in [3.63, 3.8) is 0 Å². The van der Waals surface area contributed by atoms with E-state index in [-0.39, 0.29) is 6.03 Å². The molecule has 0 unspecified atom stereocenters. The second-order valence-corrected chi connectivity index (χ2v) is 7.23. The number of urea groups is 1. The first kappa shape index (κ1) is 19.6. The molecule has 7 nitrogen and oxygen atoms in total. The summed E-state index contributed by atoms with van der Waals surface area (Å²) in [7, 11) is 1.78. The van der Waals surface area contributed by atoms with Crippen LogP contribution >= 0.6 is 11.6 Å². The van der Waals surface area contributed by atoms with Crippen LogP contribution in [0.5, 0.6) is 0 Å². The zero-order valence-corrected chi connectivity index (χ0v) is 17.1. The van der Waals surface area contributed by atoms with Gasteiger partial charge >= 0.3 is 6.03 Å². The molecule has 152 valence electrons. The first-order valence-corrected chi connectivity index (χ1v) is 9.75. The standard InChI is InChI=1S/C22H21ClN6O/c1-25-18-6-5-15(23)12-19(18)28-22(30)27-17-3-2-4-20-16(17)8-10-29(20)13-14-7-9-26-21(24)11-14/h2-12,25H,13H2,1H3,(H2,24,26)(H2,27,28,30). The van der Waals surface area contributed by atoms with Crippen molar-refractivity contribution in [3.8, 4) is 0 Å². The van der Waals surface area contributed by atoms with Crippen LogP contribution in [0.2, 0.25) is 5.02 Å². The van der Waals surface area contributed by atoms with Crippen LogP contribution in [0.4, 0.5) is 27.7 Å². The van der Waals surface area contributed by atoms with Gasteiger partial charge in [0.2, 0.25) is 0 Å². The summed E-state index contributed by atoms with van der Waals surface area (Å²) in [6, 6.07) is 16.5. The molecule has 0 saturated heterocycles. The zero-order valence-electron chi connectivity index (χ0n) is 16.3. The quantitative estimate of drug-likeness (QED) is 0.365. The number of amides is 2. The predicted molar refractivity (Wildman–Crippen MR) is 123 cm³/mol. The Kier molecular flexibility index (Phi) is 5.45. The Balaban J connectivity index is 1.56. The van der Waals surface area contributed by atoms with Crippen LogP contribution < -0.4 is 21.7 Å². The molecule has 5 N–H and O–H groups in total. The third-order valence-corrected chi connectivity index (χ3v) is 4.99. The van der Waals surface area contributed by atoms with Crippen LogP contribution in [0.3, 0.4) is 0 Å². The maximum Gasteiger partial charge on any atom is 0.323 e. The van der Waals surface area contributed by atoms with Gasteiger partial charge < -0.3 is 26.3 Å². The highest BCUT2D eigenvalue weighted by Gasteiger charge is 2.11. The summed E-state index contributed by atoms with van der Waals surface area (Å²) < 4.78 is 2.10. The highest BCUT2D eigenvalue weighted by atomic mass is 35.5. The van der Waals surface area contributed by atoms with E-state index in [0.29, 0.717) is 28.8 Å². The average Bonchev–Trinajstić information content (AvgIpc) is 3.12. The topological polar surface area (TPSA) is 97.0 Å². The molecule has 2 amide bonds. The fourth-order valence-corrected chi connectivity index (χ4v) is 3.55. The molecule has 2 aromatic heterocycles. The van der Waals surface area contributed by atoms with Gasteiger partial charge in [-0.3, -0.25) is 0 Å². The van der Waals surface area contributed by atoms with E-state index in [1.165, 1.54) is 0 Å². The third-order valence-electron chi connectivity index (χ3n) is 4.76. The van der Waals surface area contributed by atoms with Crippen molar-refractivity contribution < 1.29 is 4.79 Å². The molecule has 4 rings (SSSR count). The van der Waals surface area contributed by atoms with Gasteiger partial charge in [0.05, 0.1) is 22.6 Å². The van der Waals surface area contributed by atoms with Crippen LogP contribution in [-0.2, 0) is 6.54 Å². The zero-order chi connectivity index (χ0) is 21.1. The molecule has 0 radical (unpaired) electrons. The van der Waals surface area contributed by atoms with Crippen molar-refractivity contribution in [1.29, 1.82) is 0 Å². The van der Waals surface area contributed by atoms with E-state index < -0.39 is 0 Å². The van der Waals surface area contributed by atoms with Gasteiger partial charge in [-0.2, -0.15) is 0 Å². The molecule has 0 saturated carbocycles. The monoisotopic (exact) mass is 420 g/mol. The van der Waals surface area contributed by atoms with Crippen LogP contribution in [0.25, 0.3) is 10.9 Å². The predicted octanol–water partition coefficient (Wildman–Crippen LogP) is 5.01. The molecular formula is C22H21ClN6O. The van der Waals surface area contributed by atoms with E-state index in [1.54, 1.807) is 25.4 Å². The maximum absolute atomic E-state index is 12.6. The van der Waals surface area contributed by atoms with Crippen LogP contribution in [0, 0.1) is 0 Å². The first-order chi connectivity index (χ1) is 14.5. The Morgan fingerprint density at radius 2 is 1.90 bits per heavy atom. The minimum absolute atomic E-state index is 0.351. The normalized spacial score (nSPS) is 10.7. The van der Waals surface area contributed by atoms with Crippen molar-refractivity contribution in [2.75, 3.05) is 28.7 Å². The highest BCUT2D eigenvalue weighted by Crippen LogP contribution is 2.28. The van der Waals surface area contributed by atoms with Crippen molar-refractivity contribution in [2.45, 2.75) is 6.54 Å². The van der Waals surface area contributed by atoms with Crippen molar-refractivity contribution in [2.24, 2.45) is 0 Å². The first-order valence-electron chi connectivity index (χ1n) is 9.37.